The number of unbranched alkanes of at least 4 members (excludes halogenated alkanes) is 3. The van der Waals surface area contributed by atoms with Crippen molar-refractivity contribution in [2.24, 2.45) is 0 Å². The molecule has 4 aromatic carbocycles. The summed E-state index contributed by atoms with van der Waals surface area (Å²) in [7, 11) is 1.63. The van der Waals surface area contributed by atoms with Gasteiger partial charge in [0.15, 0.2) is 0 Å². The highest BCUT2D eigenvalue weighted by molar-refractivity contribution is 5.91. The molecule has 0 saturated carbocycles. The highest BCUT2D eigenvalue weighted by Crippen LogP contribution is 2.32. The zero-order chi connectivity index (χ0) is 21.6. The van der Waals surface area contributed by atoms with Gasteiger partial charge in [-0.05, 0) is 58.7 Å². The van der Waals surface area contributed by atoms with Crippen LogP contribution in [-0.2, 0) is 6.42 Å². The second-order valence-electron chi connectivity index (χ2n) is 8.10. The lowest BCUT2D eigenvalue weighted by molar-refractivity contribution is 0.415. The molecule has 0 bridgehead atoms. The third-order valence-electron chi connectivity index (χ3n) is 5.96. The maximum atomic E-state index is 15.3. The van der Waals surface area contributed by atoms with E-state index in [2.05, 4.69) is 37.3 Å². The van der Waals surface area contributed by atoms with Crippen molar-refractivity contribution in [3.05, 3.63) is 90.2 Å². The van der Waals surface area contributed by atoms with Crippen LogP contribution < -0.4 is 4.74 Å². The number of aryl methyl sites for hydroxylation is 1. The average molecular weight is 413 g/mol. The summed E-state index contributed by atoms with van der Waals surface area (Å²) in [5, 5.41) is 1.56. The van der Waals surface area contributed by atoms with Crippen molar-refractivity contribution in [1.82, 2.24) is 0 Å². The highest BCUT2D eigenvalue weighted by Gasteiger charge is 2.11. The number of hydrogen-bond acceptors (Lipinski definition) is 1. The third kappa shape index (κ3) is 4.80. The number of rotatable bonds is 8. The van der Waals surface area contributed by atoms with E-state index in [-0.39, 0.29) is 5.82 Å². The zero-order valence-corrected chi connectivity index (χ0v) is 18.3. The Morgan fingerprint density at radius 3 is 2.13 bits per heavy atom. The van der Waals surface area contributed by atoms with Gasteiger partial charge in [0.05, 0.1) is 7.11 Å². The van der Waals surface area contributed by atoms with Gasteiger partial charge >= 0.3 is 0 Å². The van der Waals surface area contributed by atoms with E-state index in [1.165, 1.54) is 36.8 Å². The summed E-state index contributed by atoms with van der Waals surface area (Å²) < 4.78 is 20.5. The first-order valence-electron chi connectivity index (χ1n) is 11.2. The summed E-state index contributed by atoms with van der Waals surface area (Å²) >= 11 is 0. The van der Waals surface area contributed by atoms with Crippen LogP contribution >= 0.6 is 0 Å². The molecule has 0 aliphatic heterocycles. The molecule has 158 valence electrons. The van der Waals surface area contributed by atoms with Crippen LogP contribution in [0.4, 0.5) is 4.39 Å². The Hall–Kier alpha value is -3.13. The maximum Gasteiger partial charge on any atom is 0.138 e. The third-order valence-corrected chi connectivity index (χ3v) is 5.96. The van der Waals surface area contributed by atoms with Crippen molar-refractivity contribution in [3.63, 3.8) is 0 Å². The van der Waals surface area contributed by atoms with Gasteiger partial charge < -0.3 is 4.74 Å². The number of halogens is 1. The number of fused-ring (bicyclic) bond motifs is 1. The number of hydrogen-bond donors (Lipinski definition) is 0. The van der Waals surface area contributed by atoms with Gasteiger partial charge in [0, 0.05) is 10.9 Å². The first-order chi connectivity index (χ1) is 15.2. The summed E-state index contributed by atoms with van der Waals surface area (Å²) in [4.78, 5) is 0. The standard InChI is InChI=1S/C29H29FO/c1-3-4-5-6-7-21-8-10-22(11-9-21)24-14-18-28-25(20-24)15-19-27(29(28)30)23-12-16-26(31-2)17-13-23/h8-20H,3-7H2,1-2H3. The van der Waals surface area contributed by atoms with Crippen LogP contribution in [-0.4, -0.2) is 7.11 Å². The molecule has 4 aromatic rings. The van der Waals surface area contributed by atoms with Crippen LogP contribution in [0.15, 0.2) is 78.9 Å². The first kappa shape index (κ1) is 21.1. The normalized spacial score (nSPS) is 11.1. The van der Waals surface area contributed by atoms with Gasteiger partial charge in [-0.2, -0.15) is 0 Å². The average Bonchev–Trinajstić information content (AvgIpc) is 2.82. The predicted molar refractivity (Wildman–Crippen MR) is 129 cm³/mol. The Morgan fingerprint density at radius 1 is 0.710 bits per heavy atom. The van der Waals surface area contributed by atoms with Crippen molar-refractivity contribution in [1.29, 1.82) is 0 Å². The van der Waals surface area contributed by atoms with Gasteiger partial charge in [-0.1, -0.05) is 86.8 Å². The zero-order valence-electron chi connectivity index (χ0n) is 18.3. The predicted octanol–water partition coefficient (Wildman–Crippen LogP) is 8.44. The summed E-state index contributed by atoms with van der Waals surface area (Å²) in [6.45, 7) is 2.24. The molecule has 0 aromatic heterocycles. The Morgan fingerprint density at radius 2 is 1.42 bits per heavy atom. The molecule has 2 heteroatoms. The molecule has 0 heterocycles. The van der Waals surface area contributed by atoms with E-state index in [1.54, 1.807) is 7.11 Å². The van der Waals surface area contributed by atoms with E-state index in [4.69, 9.17) is 4.74 Å². The van der Waals surface area contributed by atoms with Crippen LogP contribution in [0.5, 0.6) is 5.75 Å². The van der Waals surface area contributed by atoms with Gasteiger partial charge in [0.1, 0.15) is 11.6 Å². The van der Waals surface area contributed by atoms with Gasteiger partial charge in [-0.15, -0.1) is 0 Å². The Labute approximate surface area is 184 Å². The largest absolute Gasteiger partial charge is 0.497 e. The van der Waals surface area contributed by atoms with Crippen LogP contribution in [0.1, 0.15) is 38.2 Å². The Kier molecular flexibility index (Phi) is 6.66. The molecule has 0 atom stereocenters. The minimum atomic E-state index is -0.184. The second-order valence-corrected chi connectivity index (χ2v) is 8.10. The van der Waals surface area contributed by atoms with E-state index in [9.17, 15) is 0 Å². The van der Waals surface area contributed by atoms with E-state index in [1.807, 2.05) is 48.5 Å². The molecule has 0 aliphatic rings. The summed E-state index contributed by atoms with van der Waals surface area (Å²) in [6, 6.07) is 26.1. The SMILES string of the molecule is CCCCCCc1ccc(-c2ccc3c(F)c(-c4ccc(OC)cc4)ccc3c2)cc1. The van der Waals surface area contributed by atoms with Crippen molar-refractivity contribution in [2.45, 2.75) is 39.0 Å². The van der Waals surface area contributed by atoms with E-state index in [0.717, 1.165) is 28.7 Å². The van der Waals surface area contributed by atoms with Gasteiger partial charge in [-0.25, -0.2) is 4.39 Å². The fourth-order valence-electron chi connectivity index (χ4n) is 4.08. The molecular weight excluding hydrogens is 383 g/mol. The number of ether oxygens (including phenoxy) is 1. The minimum absolute atomic E-state index is 0.184. The number of benzene rings is 4. The van der Waals surface area contributed by atoms with Crippen molar-refractivity contribution >= 4 is 10.8 Å². The lowest BCUT2D eigenvalue weighted by Crippen LogP contribution is -1.89. The molecule has 0 aliphatic carbocycles. The van der Waals surface area contributed by atoms with Crippen molar-refractivity contribution < 1.29 is 9.13 Å². The van der Waals surface area contributed by atoms with Crippen LogP contribution in [0, 0.1) is 5.82 Å². The van der Waals surface area contributed by atoms with E-state index >= 15 is 4.39 Å². The molecule has 0 spiro atoms. The molecular formula is C29H29FO. The lowest BCUT2D eigenvalue weighted by atomic mass is 9.96. The Balaban J connectivity index is 1.57. The fraction of sp³-hybridized carbons (Fsp3) is 0.241. The maximum absolute atomic E-state index is 15.3. The molecule has 0 N–H and O–H groups in total. The summed E-state index contributed by atoms with van der Waals surface area (Å²) in [5.74, 6) is 0.582. The summed E-state index contributed by atoms with van der Waals surface area (Å²) in [6.07, 6.45) is 6.26. The second kappa shape index (κ2) is 9.78. The Bertz CT molecular complexity index is 1140. The van der Waals surface area contributed by atoms with E-state index < -0.39 is 0 Å². The quantitative estimate of drug-likeness (QED) is 0.264. The smallest absolute Gasteiger partial charge is 0.138 e. The molecule has 0 fully saturated rings. The highest BCUT2D eigenvalue weighted by atomic mass is 19.1. The van der Waals surface area contributed by atoms with E-state index in [0.29, 0.717) is 10.9 Å². The molecule has 0 radical (unpaired) electrons. The topological polar surface area (TPSA) is 9.23 Å². The monoisotopic (exact) mass is 412 g/mol. The van der Waals surface area contributed by atoms with Crippen molar-refractivity contribution in [3.8, 4) is 28.0 Å². The van der Waals surface area contributed by atoms with Gasteiger partial charge in [0.25, 0.3) is 0 Å². The number of methoxy groups -OCH3 is 1. The molecule has 1 nitrogen and oxygen atoms in total. The molecule has 0 saturated heterocycles. The molecule has 31 heavy (non-hydrogen) atoms. The molecule has 4 rings (SSSR count). The van der Waals surface area contributed by atoms with Gasteiger partial charge in [-0.3, -0.25) is 0 Å². The summed E-state index contributed by atoms with van der Waals surface area (Å²) in [5.41, 5.74) is 5.12. The minimum Gasteiger partial charge on any atom is -0.497 e. The fourth-order valence-corrected chi connectivity index (χ4v) is 4.08. The van der Waals surface area contributed by atoms with Crippen LogP contribution in [0.25, 0.3) is 33.0 Å². The van der Waals surface area contributed by atoms with Crippen LogP contribution in [0.2, 0.25) is 0 Å². The van der Waals surface area contributed by atoms with Crippen molar-refractivity contribution in [2.75, 3.05) is 7.11 Å². The molecule has 0 amide bonds. The lowest BCUT2D eigenvalue weighted by Gasteiger charge is -2.10. The van der Waals surface area contributed by atoms with Crippen LogP contribution in [0.3, 0.4) is 0 Å². The molecule has 0 unspecified atom stereocenters. The van der Waals surface area contributed by atoms with Gasteiger partial charge in [0.2, 0.25) is 0 Å². The first-order valence-corrected chi connectivity index (χ1v) is 11.2.